The number of nitrogens with one attached hydrogen (secondary N) is 1. The molecule has 0 unspecified atom stereocenters. The average Bonchev–Trinajstić information content (AvgIpc) is 3.07. The van der Waals surface area contributed by atoms with E-state index in [-0.39, 0.29) is 18.0 Å². The topological polar surface area (TPSA) is 52.7 Å². The summed E-state index contributed by atoms with van der Waals surface area (Å²) in [5.41, 5.74) is 0.729. The number of likely N-dealkylation sites (tertiary alicyclic amines) is 2. The molecule has 24 heavy (non-hydrogen) atoms. The summed E-state index contributed by atoms with van der Waals surface area (Å²) in [4.78, 5) is 29.1. The second kappa shape index (κ2) is 7.55. The van der Waals surface area contributed by atoms with Gasteiger partial charge in [-0.25, -0.2) is 4.79 Å². The smallest absolute Gasteiger partial charge is 0.322 e. The van der Waals surface area contributed by atoms with Crippen molar-refractivity contribution in [3.05, 3.63) is 28.7 Å². The van der Waals surface area contributed by atoms with Crippen LogP contribution in [-0.2, 0) is 4.79 Å². The van der Waals surface area contributed by atoms with Crippen LogP contribution in [0.25, 0.3) is 0 Å². The molecule has 130 valence electrons. The molecule has 0 aliphatic carbocycles. The normalized spacial score (nSPS) is 21.8. The molecule has 2 aliphatic heterocycles. The second-order valence-electron chi connectivity index (χ2n) is 6.77. The second-order valence-corrected chi connectivity index (χ2v) is 7.62. The Kier molecular flexibility index (Phi) is 5.43. The van der Waals surface area contributed by atoms with Crippen molar-refractivity contribution < 1.29 is 9.59 Å². The highest BCUT2D eigenvalue weighted by molar-refractivity contribution is 9.10. The van der Waals surface area contributed by atoms with Crippen molar-refractivity contribution in [2.45, 2.75) is 38.6 Å². The van der Waals surface area contributed by atoms with Crippen LogP contribution < -0.4 is 5.32 Å². The highest BCUT2D eigenvalue weighted by Crippen LogP contribution is 2.26. The molecular weight excluding hydrogens is 370 g/mol. The highest BCUT2D eigenvalue weighted by atomic mass is 79.9. The standard InChI is InChI=1S/C18H24BrN3O2/c1-13-8-11-21(12-9-13)17(23)16-7-4-10-22(16)18(24)20-15-6-3-2-5-14(15)19/h2-3,5-6,13,16H,4,7-12H2,1H3,(H,20,24)/t16-/m0/s1. The Morgan fingerprint density at radius 1 is 1.12 bits per heavy atom. The zero-order valence-corrected chi connectivity index (χ0v) is 15.6. The molecule has 2 heterocycles. The van der Waals surface area contributed by atoms with Crippen molar-refractivity contribution in [3.63, 3.8) is 0 Å². The van der Waals surface area contributed by atoms with Crippen molar-refractivity contribution in [2.75, 3.05) is 25.0 Å². The number of hydrogen-bond donors (Lipinski definition) is 1. The molecule has 0 bridgehead atoms. The minimum absolute atomic E-state index is 0.113. The van der Waals surface area contributed by atoms with Gasteiger partial charge >= 0.3 is 6.03 Å². The Morgan fingerprint density at radius 3 is 2.54 bits per heavy atom. The van der Waals surface area contributed by atoms with E-state index in [0.29, 0.717) is 12.5 Å². The number of para-hydroxylation sites is 1. The first-order valence-electron chi connectivity index (χ1n) is 8.67. The summed E-state index contributed by atoms with van der Waals surface area (Å²) in [6.07, 6.45) is 3.75. The van der Waals surface area contributed by atoms with E-state index in [4.69, 9.17) is 0 Å². The van der Waals surface area contributed by atoms with Gasteiger partial charge in [0.05, 0.1) is 5.69 Å². The van der Waals surface area contributed by atoms with Crippen molar-refractivity contribution >= 4 is 33.6 Å². The van der Waals surface area contributed by atoms with E-state index in [1.165, 1.54) is 0 Å². The van der Waals surface area contributed by atoms with E-state index in [1.54, 1.807) is 4.90 Å². The zero-order valence-electron chi connectivity index (χ0n) is 14.0. The molecule has 2 aliphatic rings. The zero-order chi connectivity index (χ0) is 17.1. The van der Waals surface area contributed by atoms with Crippen molar-refractivity contribution in [1.29, 1.82) is 0 Å². The predicted octanol–water partition coefficient (Wildman–Crippen LogP) is 3.70. The lowest BCUT2D eigenvalue weighted by Crippen LogP contribution is -2.50. The van der Waals surface area contributed by atoms with E-state index in [1.807, 2.05) is 29.2 Å². The van der Waals surface area contributed by atoms with Crippen molar-refractivity contribution in [3.8, 4) is 0 Å². The summed E-state index contributed by atoms with van der Waals surface area (Å²) < 4.78 is 0.838. The summed E-state index contributed by atoms with van der Waals surface area (Å²) >= 11 is 3.44. The molecule has 0 aromatic heterocycles. The Morgan fingerprint density at radius 2 is 1.83 bits per heavy atom. The lowest BCUT2D eigenvalue weighted by Gasteiger charge is -2.34. The maximum absolute atomic E-state index is 12.8. The number of nitrogens with zero attached hydrogens (tertiary/aromatic N) is 2. The van der Waals surface area contributed by atoms with Crippen LogP contribution >= 0.6 is 15.9 Å². The first kappa shape index (κ1) is 17.3. The van der Waals surface area contributed by atoms with Crippen LogP contribution in [0.1, 0.15) is 32.6 Å². The fraction of sp³-hybridized carbons (Fsp3) is 0.556. The number of urea groups is 1. The Balaban J connectivity index is 1.65. The van der Waals surface area contributed by atoms with Gasteiger partial charge in [-0.05, 0) is 59.7 Å². The monoisotopic (exact) mass is 393 g/mol. The van der Waals surface area contributed by atoms with Gasteiger partial charge in [0.15, 0.2) is 0 Å². The van der Waals surface area contributed by atoms with E-state index in [9.17, 15) is 9.59 Å². The Bertz CT molecular complexity index is 614. The number of carbonyl (C=O) groups excluding carboxylic acids is 2. The fourth-order valence-electron chi connectivity index (χ4n) is 3.46. The van der Waals surface area contributed by atoms with Crippen LogP contribution in [0.4, 0.5) is 10.5 Å². The van der Waals surface area contributed by atoms with Crippen molar-refractivity contribution in [2.24, 2.45) is 5.92 Å². The Hall–Kier alpha value is -1.56. The largest absolute Gasteiger partial charge is 0.341 e. The van der Waals surface area contributed by atoms with Gasteiger partial charge < -0.3 is 15.1 Å². The molecule has 2 saturated heterocycles. The quantitative estimate of drug-likeness (QED) is 0.832. The Labute approximate surface area is 151 Å². The van der Waals surface area contributed by atoms with Gasteiger partial charge in [0.1, 0.15) is 6.04 Å². The third-order valence-electron chi connectivity index (χ3n) is 5.01. The minimum atomic E-state index is -0.319. The molecule has 5 nitrogen and oxygen atoms in total. The molecular formula is C18H24BrN3O2. The SMILES string of the molecule is CC1CCN(C(=O)[C@@H]2CCCN2C(=O)Nc2ccccc2Br)CC1. The number of rotatable bonds is 2. The maximum Gasteiger partial charge on any atom is 0.322 e. The summed E-state index contributed by atoms with van der Waals surface area (Å²) in [6, 6.07) is 7.00. The van der Waals surface area contributed by atoms with Gasteiger partial charge in [0.2, 0.25) is 5.91 Å². The third-order valence-corrected chi connectivity index (χ3v) is 5.70. The molecule has 1 aromatic rings. The van der Waals surface area contributed by atoms with Crippen molar-refractivity contribution in [1.82, 2.24) is 9.80 Å². The molecule has 0 spiro atoms. The number of anilines is 1. The van der Waals surface area contributed by atoms with Crippen LogP contribution in [0.2, 0.25) is 0 Å². The van der Waals surface area contributed by atoms with Gasteiger partial charge in [-0.1, -0.05) is 19.1 Å². The van der Waals surface area contributed by atoms with Crippen LogP contribution in [-0.4, -0.2) is 47.4 Å². The van der Waals surface area contributed by atoms with E-state index < -0.39 is 0 Å². The number of benzene rings is 1. The molecule has 0 saturated carbocycles. The lowest BCUT2D eigenvalue weighted by molar-refractivity contribution is -0.136. The van der Waals surface area contributed by atoms with E-state index in [2.05, 4.69) is 28.2 Å². The number of hydrogen-bond acceptors (Lipinski definition) is 2. The summed E-state index contributed by atoms with van der Waals surface area (Å²) in [5, 5.41) is 2.92. The van der Waals surface area contributed by atoms with Gasteiger partial charge in [0, 0.05) is 24.1 Å². The van der Waals surface area contributed by atoms with Gasteiger partial charge in [-0.15, -0.1) is 0 Å². The first-order valence-corrected chi connectivity index (χ1v) is 9.46. The van der Waals surface area contributed by atoms with Crippen LogP contribution in [0.15, 0.2) is 28.7 Å². The van der Waals surface area contributed by atoms with Crippen LogP contribution in [0, 0.1) is 5.92 Å². The summed E-state index contributed by atoms with van der Waals surface area (Å²) in [6.45, 7) is 4.50. The van der Waals surface area contributed by atoms with E-state index in [0.717, 1.165) is 48.9 Å². The number of carbonyl (C=O) groups is 2. The lowest BCUT2D eigenvalue weighted by atomic mass is 9.98. The summed E-state index contributed by atoms with van der Waals surface area (Å²) in [7, 11) is 0. The third kappa shape index (κ3) is 3.74. The fourth-order valence-corrected chi connectivity index (χ4v) is 3.84. The van der Waals surface area contributed by atoms with Gasteiger partial charge in [-0.3, -0.25) is 4.79 Å². The molecule has 3 amide bonds. The number of amides is 3. The molecule has 2 fully saturated rings. The van der Waals surface area contributed by atoms with Crippen LogP contribution in [0.3, 0.4) is 0 Å². The summed E-state index contributed by atoms with van der Waals surface area (Å²) in [5.74, 6) is 0.800. The minimum Gasteiger partial charge on any atom is -0.341 e. The molecule has 6 heteroatoms. The molecule has 1 N–H and O–H groups in total. The first-order chi connectivity index (χ1) is 11.6. The molecule has 0 radical (unpaired) electrons. The molecule has 1 atom stereocenters. The number of halogens is 1. The van der Waals surface area contributed by atoms with Crippen LogP contribution in [0.5, 0.6) is 0 Å². The predicted molar refractivity (Wildman–Crippen MR) is 97.9 cm³/mol. The average molecular weight is 394 g/mol. The number of piperidine rings is 1. The van der Waals surface area contributed by atoms with E-state index >= 15 is 0 Å². The molecule has 1 aromatic carbocycles. The molecule has 3 rings (SSSR count). The van der Waals surface area contributed by atoms with Gasteiger partial charge in [0.25, 0.3) is 0 Å². The maximum atomic E-state index is 12.8. The van der Waals surface area contributed by atoms with Gasteiger partial charge in [-0.2, -0.15) is 0 Å². The highest BCUT2D eigenvalue weighted by Gasteiger charge is 2.37.